The van der Waals surface area contributed by atoms with Crippen LogP contribution >= 0.6 is 0 Å². The van der Waals surface area contributed by atoms with E-state index >= 15 is 0 Å². The summed E-state index contributed by atoms with van der Waals surface area (Å²) in [6.45, 7) is 2.09. The summed E-state index contributed by atoms with van der Waals surface area (Å²) in [4.78, 5) is 19.4. The average molecular weight is 317 g/mol. The highest BCUT2D eigenvalue weighted by Gasteiger charge is 2.30. The molecule has 2 aromatic carbocycles. The molecule has 3 aromatic rings. The molecule has 0 saturated heterocycles. The Kier molecular flexibility index (Phi) is 3.45. The molecule has 0 aliphatic carbocycles. The molecule has 0 fully saturated rings. The van der Waals surface area contributed by atoms with Crippen LogP contribution in [0.15, 0.2) is 54.6 Å². The smallest absolute Gasteiger partial charge is 0.233 e. The number of carbonyl (C=O) groups is 1. The second kappa shape index (κ2) is 5.64. The Balaban J connectivity index is 1.61. The van der Waals surface area contributed by atoms with E-state index in [0.717, 1.165) is 34.4 Å². The first-order chi connectivity index (χ1) is 11.6. The molecule has 1 aliphatic rings. The number of aromatic nitrogens is 1. The SMILES string of the molecule is CC1Cc2ccccc2N1C(=O)Cc1ccc2cc(N)ccc2n1. The summed E-state index contributed by atoms with van der Waals surface area (Å²) in [7, 11) is 0. The number of nitrogens with two attached hydrogens (primary N) is 1. The maximum absolute atomic E-state index is 12.8. The van der Waals surface area contributed by atoms with Crippen molar-refractivity contribution in [1.29, 1.82) is 0 Å². The van der Waals surface area contributed by atoms with E-state index in [1.54, 1.807) is 0 Å². The van der Waals surface area contributed by atoms with Crippen LogP contribution in [0, 0.1) is 0 Å². The lowest BCUT2D eigenvalue weighted by Gasteiger charge is -2.22. The second-order valence-corrected chi connectivity index (χ2v) is 6.38. The van der Waals surface area contributed by atoms with E-state index in [9.17, 15) is 4.79 Å². The molecule has 24 heavy (non-hydrogen) atoms. The fraction of sp³-hybridized carbons (Fsp3) is 0.200. The van der Waals surface area contributed by atoms with Gasteiger partial charge in [-0.05, 0) is 49.2 Å². The maximum atomic E-state index is 12.8. The van der Waals surface area contributed by atoms with Crippen LogP contribution in [0.3, 0.4) is 0 Å². The molecule has 1 aromatic heterocycles. The first-order valence-corrected chi connectivity index (χ1v) is 8.17. The molecule has 1 amide bonds. The van der Waals surface area contributed by atoms with E-state index in [4.69, 9.17) is 5.73 Å². The van der Waals surface area contributed by atoms with Crippen LogP contribution in [-0.4, -0.2) is 16.9 Å². The number of rotatable bonds is 2. The molecule has 4 rings (SSSR count). The number of benzene rings is 2. The van der Waals surface area contributed by atoms with E-state index in [1.807, 2.05) is 53.4 Å². The lowest BCUT2D eigenvalue weighted by atomic mass is 10.1. The lowest BCUT2D eigenvalue weighted by Crippen LogP contribution is -2.36. The highest BCUT2D eigenvalue weighted by Crippen LogP contribution is 2.32. The number of carbonyl (C=O) groups excluding carboxylic acids is 1. The predicted octanol–water partition coefficient (Wildman–Crippen LogP) is 3.34. The van der Waals surface area contributed by atoms with E-state index in [1.165, 1.54) is 5.56 Å². The van der Waals surface area contributed by atoms with Crippen LogP contribution < -0.4 is 10.6 Å². The van der Waals surface area contributed by atoms with E-state index < -0.39 is 0 Å². The van der Waals surface area contributed by atoms with Gasteiger partial charge in [0.1, 0.15) is 0 Å². The number of hydrogen-bond acceptors (Lipinski definition) is 3. The number of nitrogens with zero attached hydrogens (tertiary/aromatic N) is 2. The number of fused-ring (bicyclic) bond motifs is 2. The molecule has 4 nitrogen and oxygen atoms in total. The number of para-hydroxylation sites is 1. The van der Waals surface area contributed by atoms with Crippen molar-refractivity contribution < 1.29 is 4.79 Å². The number of hydrogen-bond donors (Lipinski definition) is 1. The predicted molar refractivity (Wildman–Crippen MR) is 97.0 cm³/mol. The number of anilines is 2. The van der Waals surface area contributed by atoms with Gasteiger partial charge in [-0.2, -0.15) is 0 Å². The van der Waals surface area contributed by atoms with Gasteiger partial charge in [-0.3, -0.25) is 9.78 Å². The fourth-order valence-corrected chi connectivity index (χ4v) is 3.47. The van der Waals surface area contributed by atoms with Crippen molar-refractivity contribution in [2.75, 3.05) is 10.6 Å². The third kappa shape index (κ3) is 2.50. The first-order valence-electron chi connectivity index (χ1n) is 8.17. The van der Waals surface area contributed by atoms with Crippen molar-refractivity contribution in [3.8, 4) is 0 Å². The minimum atomic E-state index is 0.0924. The van der Waals surface area contributed by atoms with Gasteiger partial charge in [0.05, 0.1) is 17.6 Å². The summed E-state index contributed by atoms with van der Waals surface area (Å²) in [6.07, 6.45) is 1.21. The Hall–Kier alpha value is -2.88. The van der Waals surface area contributed by atoms with Gasteiger partial charge in [-0.1, -0.05) is 24.3 Å². The topological polar surface area (TPSA) is 59.2 Å². The van der Waals surface area contributed by atoms with E-state index in [0.29, 0.717) is 6.42 Å². The first kappa shape index (κ1) is 14.7. The second-order valence-electron chi connectivity index (χ2n) is 6.38. The van der Waals surface area contributed by atoms with Gasteiger partial charge in [0.2, 0.25) is 5.91 Å². The molecule has 0 bridgehead atoms. The fourth-order valence-electron chi connectivity index (χ4n) is 3.47. The molecule has 2 N–H and O–H groups in total. The van der Waals surface area contributed by atoms with Gasteiger partial charge in [0.15, 0.2) is 0 Å². The molecule has 120 valence electrons. The van der Waals surface area contributed by atoms with E-state index in [-0.39, 0.29) is 11.9 Å². The van der Waals surface area contributed by atoms with Gasteiger partial charge >= 0.3 is 0 Å². The van der Waals surface area contributed by atoms with Crippen molar-refractivity contribution in [1.82, 2.24) is 4.98 Å². The Morgan fingerprint density at radius 3 is 2.92 bits per heavy atom. The van der Waals surface area contributed by atoms with Crippen molar-refractivity contribution in [3.05, 3.63) is 65.9 Å². The van der Waals surface area contributed by atoms with Crippen molar-refractivity contribution in [2.45, 2.75) is 25.8 Å². The average Bonchev–Trinajstić information content (AvgIpc) is 2.90. The number of nitrogen functional groups attached to an aromatic ring is 1. The molecule has 2 heterocycles. The van der Waals surface area contributed by atoms with Crippen molar-refractivity contribution >= 4 is 28.2 Å². The monoisotopic (exact) mass is 317 g/mol. The molecule has 1 atom stereocenters. The van der Waals surface area contributed by atoms with Gasteiger partial charge in [-0.15, -0.1) is 0 Å². The summed E-state index contributed by atoms with van der Waals surface area (Å²) in [6, 6.07) is 17.8. The van der Waals surface area contributed by atoms with Crippen LogP contribution in [0.2, 0.25) is 0 Å². The zero-order valence-corrected chi connectivity index (χ0v) is 13.6. The Morgan fingerprint density at radius 2 is 2.04 bits per heavy atom. The zero-order chi connectivity index (χ0) is 16.7. The largest absolute Gasteiger partial charge is 0.399 e. The number of amides is 1. The summed E-state index contributed by atoms with van der Waals surface area (Å²) >= 11 is 0. The number of pyridine rings is 1. The standard InChI is InChI=1S/C20H19N3O/c1-13-10-15-4-2-3-5-19(15)23(13)20(24)12-17-8-6-14-11-16(21)7-9-18(14)22-17/h2-9,11,13H,10,12,21H2,1H3. The highest BCUT2D eigenvalue weighted by molar-refractivity contribution is 5.97. The molecule has 0 saturated carbocycles. The van der Waals surface area contributed by atoms with Crippen LogP contribution in [0.25, 0.3) is 10.9 Å². The zero-order valence-electron chi connectivity index (χ0n) is 13.6. The van der Waals surface area contributed by atoms with Crippen LogP contribution in [0.1, 0.15) is 18.2 Å². The van der Waals surface area contributed by atoms with Gasteiger partial charge < -0.3 is 10.6 Å². The molecule has 4 heteroatoms. The third-order valence-electron chi connectivity index (χ3n) is 4.58. The molecular weight excluding hydrogens is 298 g/mol. The van der Waals surface area contributed by atoms with E-state index in [2.05, 4.69) is 18.0 Å². The highest BCUT2D eigenvalue weighted by atomic mass is 16.2. The van der Waals surface area contributed by atoms with Gasteiger partial charge in [0.25, 0.3) is 0 Å². The summed E-state index contributed by atoms with van der Waals surface area (Å²) < 4.78 is 0. The molecular formula is C20H19N3O. The summed E-state index contributed by atoms with van der Waals surface area (Å²) in [5.41, 5.74) is 10.4. The minimum Gasteiger partial charge on any atom is -0.399 e. The van der Waals surface area contributed by atoms with Crippen LogP contribution in [-0.2, 0) is 17.6 Å². The third-order valence-corrected chi connectivity index (χ3v) is 4.58. The van der Waals surface area contributed by atoms with Crippen LogP contribution in [0.4, 0.5) is 11.4 Å². The van der Waals surface area contributed by atoms with Crippen molar-refractivity contribution in [2.24, 2.45) is 0 Å². The van der Waals surface area contributed by atoms with Crippen molar-refractivity contribution in [3.63, 3.8) is 0 Å². The lowest BCUT2D eigenvalue weighted by molar-refractivity contribution is -0.118. The molecule has 1 unspecified atom stereocenters. The normalized spacial score (nSPS) is 16.4. The Morgan fingerprint density at radius 1 is 1.21 bits per heavy atom. The molecule has 0 radical (unpaired) electrons. The minimum absolute atomic E-state index is 0.0924. The van der Waals surface area contributed by atoms with Gasteiger partial charge in [-0.25, -0.2) is 0 Å². The Bertz CT molecular complexity index is 935. The molecule has 1 aliphatic heterocycles. The molecule has 0 spiro atoms. The summed E-state index contributed by atoms with van der Waals surface area (Å²) in [5.74, 6) is 0.0924. The van der Waals surface area contributed by atoms with Crippen LogP contribution in [0.5, 0.6) is 0 Å². The summed E-state index contributed by atoms with van der Waals surface area (Å²) in [5, 5.41) is 0.992. The quantitative estimate of drug-likeness (QED) is 0.738. The Labute approximate surface area is 140 Å². The maximum Gasteiger partial charge on any atom is 0.233 e. The van der Waals surface area contributed by atoms with Gasteiger partial charge in [0, 0.05) is 22.8 Å².